The highest BCUT2D eigenvalue weighted by Crippen LogP contribution is 2.14. The van der Waals surface area contributed by atoms with Crippen LogP contribution in [0.15, 0.2) is 6.07 Å². The highest BCUT2D eigenvalue weighted by Gasteiger charge is 2.23. The molecule has 1 aliphatic heterocycles. The number of nitrogens with one attached hydrogen (secondary N) is 2. The van der Waals surface area contributed by atoms with Crippen LogP contribution in [0, 0.1) is 5.92 Å². The lowest BCUT2D eigenvalue weighted by atomic mass is 10.2. The molecule has 2 heterocycles. The Hall–Kier alpha value is -2.05. The number of nitrogens with zero attached hydrogens (tertiary/aromatic N) is 3. The number of hydrogen-bond donors (Lipinski definition) is 2. The van der Waals surface area contributed by atoms with Gasteiger partial charge in [-0.3, -0.25) is 9.48 Å². The van der Waals surface area contributed by atoms with Crippen LogP contribution in [-0.4, -0.2) is 46.3 Å². The Morgan fingerprint density at radius 1 is 1.32 bits per heavy atom. The molecule has 1 aromatic rings. The molecule has 3 amide bonds. The van der Waals surface area contributed by atoms with Gasteiger partial charge in [0.15, 0.2) is 5.69 Å². The lowest BCUT2D eigenvalue weighted by Gasteiger charge is -2.27. The van der Waals surface area contributed by atoms with Crippen LogP contribution in [0.4, 0.5) is 4.79 Å². The molecule has 122 valence electrons. The monoisotopic (exact) mass is 307 g/mol. The van der Waals surface area contributed by atoms with Gasteiger partial charge < -0.3 is 15.5 Å². The lowest BCUT2D eigenvalue weighted by Crippen LogP contribution is -2.44. The summed E-state index contributed by atoms with van der Waals surface area (Å²) >= 11 is 0. The molecule has 1 aromatic heterocycles. The van der Waals surface area contributed by atoms with Crippen molar-refractivity contribution in [1.82, 2.24) is 25.3 Å². The van der Waals surface area contributed by atoms with Gasteiger partial charge in [-0.25, -0.2) is 4.79 Å². The molecule has 0 spiro atoms. The predicted molar refractivity (Wildman–Crippen MR) is 83.5 cm³/mol. The molecule has 2 rings (SSSR count). The highest BCUT2D eigenvalue weighted by molar-refractivity contribution is 5.92. The van der Waals surface area contributed by atoms with Crippen molar-refractivity contribution >= 4 is 11.9 Å². The third-order valence-electron chi connectivity index (χ3n) is 3.51. The SMILES string of the molecule is CCCNC(=O)N1CCn2nc(C(=O)NCC(C)C)cc2C1. The van der Waals surface area contributed by atoms with Gasteiger partial charge in [-0.1, -0.05) is 20.8 Å². The van der Waals surface area contributed by atoms with E-state index in [0.717, 1.165) is 12.1 Å². The number of urea groups is 1. The zero-order chi connectivity index (χ0) is 16.1. The van der Waals surface area contributed by atoms with Crippen molar-refractivity contribution in [2.45, 2.75) is 40.3 Å². The van der Waals surface area contributed by atoms with E-state index in [1.54, 1.807) is 11.0 Å². The Morgan fingerprint density at radius 3 is 2.77 bits per heavy atom. The van der Waals surface area contributed by atoms with Gasteiger partial charge >= 0.3 is 6.03 Å². The van der Waals surface area contributed by atoms with E-state index in [9.17, 15) is 9.59 Å². The summed E-state index contributed by atoms with van der Waals surface area (Å²) in [7, 11) is 0. The number of rotatable bonds is 5. The summed E-state index contributed by atoms with van der Waals surface area (Å²) in [6.07, 6.45) is 0.914. The maximum atomic E-state index is 12.0. The minimum atomic E-state index is -0.155. The first kappa shape index (κ1) is 16.3. The van der Waals surface area contributed by atoms with Crippen LogP contribution in [-0.2, 0) is 13.1 Å². The number of fused-ring (bicyclic) bond motifs is 1. The largest absolute Gasteiger partial charge is 0.350 e. The average molecular weight is 307 g/mol. The van der Waals surface area contributed by atoms with Crippen molar-refractivity contribution in [3.05, 3.63) is 17.5 Å². The van der Waals surface area contributed by atoms with E-state index in [0.29, 0.717) is 44.3 Å². The smallest absolute Gasteiger partial charge is 0.317 e. The molecule has 22 heavy (non-hydrogen) atoms. The van der Waals surface area contributed by atoms with Gasteiger partial charge in [0, 0.05) is 19.6 Å². The third-order valence-corrected chi connectivity index (χ3v) is 3.51. The van der Waals surface area contributed by atoms with Gasteiger partial charge in [-0.05, 0) is 18.4 Å². The third kappa shape index (κ3) is 3.99. The van der Waals surface area contributed by atoms with Crippen molar-refractivity contribution in [1.29, 1.82) is 0 Å². The fourth-order valence-corrected chi connectivity index (χ4v) is 2.28. The number of hydrogen-bond acceptors (Lipinski definition) is 3. The van der Waals surface area contributed by atoms with Crippen LogP contribution in [0.1, 0.15) is 43.4 Å². The van der Waals surface area contributed by atoms with Gasteiger partial charge in [0.25, 0.3) is 5.91 Å². The van der Waals surface area contributed by atoms with Crippen molar-refractivity contribution in [3.8, 4) is 0 Å². The van der Waals surface area contributed by atoms with E-state index < -0.39 is 0 Å². The van der Waals surface area contributed by atoms with Gasteiger partial charge in [-0.2, -0.15) is 5.10 Å². The molecule has 0 saturated carbocycles. The van der Waals surface area contributed by atoms with Crippen LogP contribution in [0.25, 0.3) is 0 Å². The molecule has 0 saturated heterocycles. The molecule has 0 radical (unpaired) electrons. The summed E-state index contributed by atoms with van der Waals surface area (Å²) in [5.74, 6) is 0.247. The minimum Gasteiger partial charge on any atom is -0.350 e. The molecule has 7 heteroatoms. The molecule has 0 unspecified atom stereocenters. The summed E-state index contributed by atoms with van der Waals surface area (Å²) in [5.41, 5.74) is 1.32. The number of carbonyl (C=O) groups is 2. The summed E-state index contributed by atoms with van der Waals surface area (Å²) in [4.78, 5) is 25.8. The minimum absolute atomic E-state index is 0.0555. The number of aromatic nitrogens is 2. The van der Waals surface area contributed by atoms with Gasteiger partial charge in [0.05, 0.1) is 18.8 Å². The van der Waals surface area contributed by atoms with Gasteiger partial charge in [0.2, 0.25) is 0 Å². The summed E-state index contributed by atoms with van der Waals surface area (Å²) in [5, 5.41) is 10.1. The van der Waals surface area contributed by atoms with E-state index >= 15 is 0 Å². The molecule has 0 fully saturated rings. The van der Waals surface area contributed by atoms with Crippen LogP contribution in [0.2, 0.25) is 0 Å². The van der Waals surface area contributed by atoms with Crippen LogP contribution in [0.5, 0.6) is 0 Å². The van der Waals surface area contributed by atoms with Gasteiger partial charge in [-0.15, -0.1) is 0 Å². The number of carbonyl (C=O) groups excluding carboxylic acids is 2. The fraction of sp³-hybridized carbons (Fsp3) is 0.667. The second kappa shape index (κ2) is 7.29. The van der Waals surface area contributed by atoms with Crippen LogP contribution < -0.4 is 10.6 Å². The van der Waals surface area contributed by atoms with Crippen molar-refractivity contribution in [3.63, 3.8) is 0 Å². The first-order chi connectivity index (χ1) is 10.5. The van der Waals surface area contributed by atoms with E-state index in [2.05, 4.69) is 15.7 Å². The maximum Gasteiger partial charge on any atom is 0.317 e. The average Bonchev–Trinajstić information content (AvgIpc) is 2.93. The van der Waals surface area contributed by atoms with Crippen LogP contribution in [0.3, 0.4) is 0 Å². The van der Waals surface area contributed by atoms with E-state index in [1.807, 2.05) is 25.5 Å². The Kier molecular flexibility index (Phi) is 5.41. The molecule has 0 aliphatic carbocycles. The van der Waals surface area contributed by atoms with Crippen LogP contribution >= 0.6 is 0 Å². The quantitative estimate of drug-likeness (QED) is 0.858. The van der Waals surface area contributed by atoms with Gasteiger partial charge in [0.1, 0.15) is 0 Å². The van der Waals surface area contributed by atoms with E-state index in [1.165, 1.54) is 0 Å². The second-order valence-electron chi connectivity index (χ2n) is 6.00. The zero-order valence-electron chi connectivity index (χ0n) is 13.6. The first-order valence-corrected chi connectivity index (χ1v) is 7.89. The topological polar surface area (TPSA) is 79.3 Å². The predicted octanol–water partition coefficient (Wildman–Crippen LogP) is 1.20. The highest BCUT2D eigenvalue weighted by atomic mass is 16.2. The summed E-state index contributed by atoms with van der Waals surface area (Å²) in [6, 6.07) is 1.72. The normalized spacial score (nSPS) is 13.9. The summed E-state index contributed by atoms with van der Waals surface area (Å²) in [6.45, 7) is 9.14. The fourth-order valence-electron chi connectivity index (χ4n) is 2.28. The second-order valence-corrected chi connectivity index (χ2v) is 6.00. The summed E-state index contributed by atoms with van der Waals surface area (Å²) < 4.78 is 1.81. The molecule has 1 aliphatic rings. The van der Waals surface area contributed by atoms with E-state index in [-0.39, 0.29) is 11.9 Å². The molecular formula is C15H25N5O2. The van der Waals surface area contributed by atoms with Crippen molar-refractivity contribution in [2.24, 2.45) is 5.92 Å². The molecule has 0 aromatic carbocycles. The molecule has 0 atom stereocenters. The number of amides is 3. The molecule has 0 bridgehead atoms. The molecule has 2 N–H and O–H groups in total. The Labute approximate surface area is 131 Å². The Morgan fingerprint density at radius 2 is 2.09 bits per heavy atom. The Bertz CT molecular complexity index is 538. The van der Waals surface area contributed by atoms with Crippen molar-refractivity contribution < 1.29 is 9.59 Å². The lowest BCUT2D eigenvalue weighted by molar-refractivity contribution is 0.0943. The molecular weight excluding hydrogens is 282 g/mol. The first-order valence-electron chi connectivity index (χ1n) is 7.89. The Balaban J connectivity index is 1.98. The standard InChI is InChI=1S/C15H25N5O2/c1-4-5-16-15(22)19-6-7-20-12(10-19)8-13(18-20)14(21)17-9-11(2)3/h8,11H,4-7,9-10H2,1-3H3,(H,16,22)(H,17,21). The maximum absolute atomic E-state index is 12.0. The molecule has 7 nitrogen and oxygen atoms in total. The zero-order valence-corrected chi connectivity index (χ0v) is 13.6. The van der Waals surface area contributed by atoms with Crippen molar-refractivity contribution in [2.75, 3.05) is 19.6 Å². The van der Waals surface area contributed by atoms with E-state index in [4.69, 9.17) is 0 Å².